The third kappa shape index (κ3) is 2.87. The fraction of sp³-hybridized carbons (Fsp3) is 0.385. The van der Waals surface area contributed by atoms with E-state index in [9.17, 15) is 18.4 Å². The number of carbonyl (C=O) groups is 2. The van der Waals surface area contributed by atoms with E-state index < -0.39 is 29.2 Å². The molecule has 0 aromatic heterocycles. The van der Waals surface area contributed by atoms with Crippen molar-refractivity contribution in [1.29, 1.82) is 0 Å². The van der Waals surface area contributed by atoms with Gasteiger partial charge in [0.15, 0.2) is 0 Å². The third-order valence-corrected chi connectivity index (χ3v) is 3.10. The lowest BCUT2D eigenvalue weighted by atomic mass is 10.2. The molecule has 1 saturated heterocycles. The Hall–Kier alpha value is -2.18. The van der Waals surface area contributed by atoms with Gasteiger partial charge in [0, 0.05) is 19.2 Å². The van der Waals surface area contributed by atoms with E-state index in [-0.39, 0.29) is 5.69 Å². The van der Waals surface area contributed by atoms with Gasteiger partial charge in [0.05, 0.1) is 18.4 Å². The minimum atomic E-state index is -1.03. The van der Waals surface area contributed by atoms with Gasteiger partial charge in [-0.2, -0.15) is 0 Å². The van der Waals surface area contributed by atoms with Gasteiger partial charge in [-0.1, -0.05) is 0 Å². The first-order valence-corrected chi connectivity index (χ1v) is 6.16. The third-order valence-electron chi connectivity index (χ3n) is 3.10. The van der Waals surface area contributed by atoms with Crippen molar-refractivity contribution < 1.29 is 23.1 Å². The Kier molecular flexibility index (Phi) is 4.16. The number of rotatable bonds is 2. The van der Waals surface area contributed by atoms with Crippen LogP contribution in [0.15, 0.2) is 12.1 Å². The second kappa shape index (κ2) is 5.85. The molecule has 0 bridgehead atoms. The maximum absolute atomic E-state index is 13.6. The van der Waals surface area contributed by atoms with Crippen molar-refractivity contribution in [1.82, 2.24) is 4.90 Å². The number of anilines is 1. The molecule has 0 atom stereocenters. The molecule has 1 aromatic carbocycles. The molecular formula is C13H14F2N2O3. The van der Waals surface area contributed by atoms with Crippen LogP contribution in [0.2, 0.25) is 0 Å². The molecule has 2 amide bonds. The summed E-state index contributed by atoms with van der Waals surface area (Å²) in [4.78, 5) is 24.7. The van der Waals surface area contributed by atoms with Gasteiger partial charge in [-0.05, 0) is 18.9 Å². The van der Waals surface area contributed by atoms with Crippen LogP contribution in [-0.4, -0.2) is 37.1 Å². The number of carbonyl (C=O) groups excluding carboxylic acids is 2. The second-order valence-corrected chi connectivity index (χ2v) is 4.43. The highest BCUT2D eigenvalue weighted by atomic mass is 19.1. The molecule has 1 aromatic rings. The predicted molar refractivity (Wildman–Crippen MR) is 67.5 cm³/mol. The maximum Gasteiger partial charge on any atom is 0.340 e. The number of hydrogen-bond acceptors (Lipinski definition) is 3. The first-order valence-electron chi connectivity index (χ1n) is 6.16. The SMILES string of the molecule is COC(=O)c1cc(NC(=O)N2CCCC2)c(F)cc1F. The highest BCUT2D eigenvalue weighted by Crippen LogP contribution is 2.21. The summed E-state index contributed by atoms with van der Waals surface area (Å²) in [6.45, 7) is 1.19. The molecule has 2 rings (SSSR count). The monoisotopic (exact) mass is 284 g/mol. The lowest BCUT2D eigenvalue weighted by molar-refractivity contribution is 0.0595. The van der Waals surface area contributed by atoms with Crippen LogP contribution in [0, 0.1) is 11.6 Å². The number of benzene rings is 1. The van der Waals surface area contributed by atoms with Gasteiger partial charge in [-0.15, -0.1) is 0 Å². The molecule has 5 nitrogen and oxygen atoms in total. The zero-order chi connectivity index (χ0) is 14.7. The quantitative estimate of drug-likeness (QED) is 0.848. The van der Waals surface area contributed by atoms with Crippen LogP contribution in [0.5, 0.6) is 0 Å². The Balaban J connectivity index is 2.22. The standard InChI is InChI=1S/C13H14F2N2O3/c1-20-12(18)8-6-11(10(15)7-9(8)14)16-13(19)17-4-2-3-5-17/h6-7H,2-5H2,1H3,(H,16,19). The summed E-state index contributed by atoms with van der Waals surface area (Å²) in [6.07, 6.45) is 1.79. The molecule has 108 valence electrons. The molecule has 0 aliphatic carbocycles. The summed E-state index contributed by atoms with van der Waals surface area (Å²) < 4.78 is 31.5. The van der Waals surface area contributed by atoms with E-state index >= 15 is 0 Å². The topological polar surface area (TPSA) is 58.6 Å². The number of urea groups is 1. The molecule has 1 fully saturated rings. The van der Waals surface area contributed by atoms with Crippen molar-refractivity contribution in [2.75, 3.05) is 25.5 Å². The predicted octanol–water partition coefficient (Wildman–Crippen LogP) is 2.38. The van der Waals surface area contributed by atoms with Gasteiger partial charge >= 0.3 is 12.0 Å². The fourth-order valence-electron chi connectivity index (χ4n) is 2.03. The second-order valence-electron chi connectivity index (χ2n) is 4.43. The minimum Gasteiger partial charge on any atom is -0.465 e. The molecule has 7 heteroatoms. The van der Waals surface area contributed by atoms with Gasteiger partial charge in [-0.25, -0.2) is 18.4 Å². The first kappa shape index (κ1) is 14.2. The van der Waals surface area contributed by atoms with Gasteiger partial charge < -0.3 is 15.0 Å². The van der Waals surface area contributed by atoms with E-state index in [4.69, 9.17) is 0 Å². The molecule has 20 heavy (non-hydrogen) atoms. The number of ether oxygens (including phenoxy) is 1. The van der Waals surface area contributed by atoms with Crippen LogP contribution < -0.4 is 5.32 Å². The normalized spacial score (nSPS) is 14.2. The van der Waals surface area contributed by atoms with Crippen molar-refractivity contribution in [2.24, 2.45) is 0 Å². The molecular weight excluding hydrogens is 270 g/mol. The Morgan fingerprint density at radius 3 is 2.45 bits per heavy atom. The molecule has 0 saturated carbocycles. The largest absolute Gasteiger partial charge is 0.465 e. The highest BCUT2D eigenvalue weighted by Gasteiger charge is 2.21. The Bertz CT molecular complexity index is 543. The maximum atomic E-state index is 13.6. The van der Waals surface area contributed by atoms with Crippen molar-refractivity contribution >= 4 is 17.7 Å². The van der Waals surface area contributed by atoms with E-state index in [0.29, 0.717) is 19.2 Å². The Labute approximate surface area is 114 Å². The first-order chi connectivity index (χ1) is 9.52. The number of methoxy groups -OCH3 is 1. The number of nitrogens with one attached hydrogen (secondary N) is 1. The van der Waals surface area contributed by atoms with Crippen LogP contribution >= 0.6 is 0 Å². The summed E-state index contributed by atoms with van der Waals surface area (Å²) in [5.41, 5.74) is -0.672. The number of amides is 2. The Morgan fingerprint density at radius 1 is 1.20 bits per heavy atom. The summed E-state index contributed by atoms with van der Waals surface area (Å²) in [6, 6.07) is 1.01. The molecule has 0 radical (unpaired) electrons. The Morgan fingerprint density at radius 2 is 1.85 bits per heavy atom. The fourth-order valence-corrected chi connectivity index (χ4v) is 2.03. The van der Waals surface area contributed by atoms with Gasteiger partial charge in [-0.3, -0.25) is 0 Å². The minimum absolute atomic E-state index is 0.247. The number of halogens is 2. The lowest BCUT2D eigenvalue weighted by Crippen LogP contribution is -2.32. The molecule has 0 spiro atoms. The van der Waals surface area contributed by atoms with Crippen molar-refractivity contribution in [3.05, 3.63) is 29.3 Å². The van der Waals surface area contributed by atoms with Crippen LogP contribution in [0.3, 0.4) is 0 Å². The molecule has 1 heterocycles. The van der Waals surface area contributed by atoms with Crippen molar-refractivity contribution in [3.63, 3.8) is 0 Å². The summed E-state index contributed by atoms with van der Waals surface area (Å²) in [5, 5.41) is 2.34. The van der Waals surface area contributed by atoms with E-state index in [1.807, 2.05) is 0 Å². The van der Waals surface area contributed by atoms with E-state index in [0.717, 1.165) is 26.0 Å². The summed E-state index contributed by atoms with van der Waals surface area (Å²) in [7, 11) is 1.09. The molecule has 0 unspecified atom stereocenters. The zero-order valence-electron chi connectivity index (χ0n) is 10.9. The average molecular weight is 284 g/mol. The van der Waals surface area contributed by atoms with Crippen molar-refractivity contribution in [3.8, 4) is 0 Å². The van der Waals surface area contributed by atoms with Gasteiger partial charge in [0.1, 0.15) is 11.6 Å². The molecule has 1 N–H and O–H groups in total. The average Bonchev–Trinajstić information content (AvgIpc) is 2.95. The smallest absolute Gasteiger partial charge is 0.340 e. The van der Waals surface area contributed by atoms with E-state index in [1.54, 1.807) is 0 Å². The van der Waals surface area contributed by atoms with Crippen LogP contribution in [0.1, 0.15) is 23.2 Å². The van der Waals surface area contributed by atoms with Crippen LogP contribution in [-0.2, 0) is 4.74 Å². The zero-order valence-corrected chi connectivity index (χ0v) is 10.9. The van der Waals surface area contributed by atoms with E-state index in [1.165, 1.54) is 4.90 Å². The van der Waals surface area contributed by atoms with E-state index in [2.05, 4.69) is 10.1 Å². The lowest BCUT2D eigenvalue weighted by Gasteiger charge is -2.17. The summed E-state index contributed by atoms with van der Waals surface area (Å²) in [5.74, 6) is -2.91. The number of likely N-dealkylation sites (tertiary alicyclic amines) is 1. The highest BCUT2D eigenvalue weighted by molar-refractivity contribution is 5.94. The van der Waals surface area contributed by atoms with Crippen LogP contribution in [0.4, 0.5) is 19.3 Å². The number of esters is 1. The van der Waals surface area contributed by atoms with Gasteiger partial charge in [0.2, 0.25) is 0 Å². The van der Waals surface area contributed by atoms with Crippen LogP contribution in [0.25, 0.3) is 0 Å². The van der Waals surface area contributed by atoms with Crippen molar-refractivity contribution in [2.45, 2.75) is 12.8 Å². The number of hydrogen-bond donors (Lipinski definition) is 1. The molecule has 1 aliphatic heterocycles. The number of nitrogens with zero attached hydrogens (tertiary/aromatic N) is 1. The van der Waals surface area contributed by atoms with Gasteiger partial charge in [0.25, 0.3) is 0 Å². The summed E-state index contributed by atoms with van der Waals surface area (Å²) >= 11 is 0. The molecule has 1 aliphatic rings.